The second-order valence-corrected chi connectivity index (χ2v) is 6.97. The summed E-state index contributed by atoms with van der Waals surface area (Å²) in [7, 11) is 0. The van der Waals surface area contributed by atoms with Gasteiger partial charge in [0, 0.05) is 37.8 Å². The Kier molecular flexibility index (Phi) is 7.18. The quantitative estimate of drug-likeness (QED) is 0.731. The third-order valence-corrected chi connectivity index (χ3v) is 4.43. The predicted molar refractivity (Wildman–Crippen MR) is 96.0 cm³/mol. The van der Waals surface area contributed by atoms with E-state index in [4.69, 9.17) is 0 Å². The first-order valence-corrected chi connectivity index (χ1v) is 8.86. The van der Waals surface area contributed by atoms with Crippen molar-refractivity contribution in [3.63, 3.8) is 0 Å². The first-order chi connectivity index (χ1) is 12.0. The maximum Gasteiger partial charge on any atom is 0.319 e. The van der Waals surface area contributed by atoms with Crippen LogP contribution in [-0.4, -0.2) is 52.7 Å². The number of aliphatic hydroxyl groups excluding tert-OH is 1. The van der Waals surface area contributed by atoms with E-state index in [2.05, 4.69) is 15.6 Å². The zero-order chi connectivity index (χ0) is 18.2. The summed E-state index contributed by atoms with van der Waals surface area (Å²) in [5, 5.41) is 14.8. The van der Waals surface area contributed by atoms with Crippen molar-refractivity contribution in [1.82, 2.24) is 15.2 Å². The SMILES string of the molecule is CC(C)CC(NC(=O)Nc1ccncc1)C(=O)N1CCC(CO)CC1. The fourth-order valence-corrected chi connectivity index (χ4v) is 3.01. The maximum absolute atomic E-state index is 12.8. The lowest BCUT2D eigenvalue weighted by Gasteiger charge is -2.34. The number of hydrogen-bond acceptors (Lipinski definition) is 4. The molecule has 1 atom stereocenters. The molecule has 0 radical (unpaired) electrons. The molecule has 0 bridgehead atoms. The number of carbonyl (C=O) groups excluding carboxylic acids is 2. The standard InChI is InChI=1S/C18H28N4O3/c1-13(2)11-16(17(24)22-9-5-14(12-23)6-10-22)21-18(25)20-15-3-7-19-8-4-15/h3-4,7-8,13-14,16,23H,5-6,9-12H2,1-2H3,(H2,19,20,21,25). The number of hydrogen-bond donors (Lipinski definition) is 3. The number of nitrogens with one attached hydrogen (secondary N) is 2. The highest BCUT2D eigenvalue weighted by molar-refractivity contribution is 5.93. The highest BCUT2D eigenvalue weighted by Crippen LogP contribution is 2.18. The van der Waals surface area contributed by atoms with Gasteiger partial charge in [0.2, 0.25) is 5.91 Å². The van der Waals surface area contributed by atoms with Crippen LogP contribution in [0.25, 0.3) is 0 Å². The number of aromatic nitrogens is 1. The lowest BCUT2D eigenvalue weighted by atomic mass is 9.96. The smallest absolute Gasteiger partial charge is 0.319 e. The minimum Gasteiger partial charge on any atom is -0.396 e. The molecule has 25 heavy (non-hydrogen) atoms. The highest BCUT2D eigenvalue weighted by atomic mass is 16.3. The number of likely N-dealkylation sites (tertiary alicyclic amines) is 1. The molecule has 0 aliphatic carbocycles. The van der Waals surface area contributed by atoms with E-state index in [1.807, 2.05) is 13.8 Å². The maximum atomic E-state index is 12.8. The van der Waals surface area contributed by atoms with Gasteiger partial charge in [0.05, 0.1) is 0 Å². The first-order valence-electron chi connectivity index (χ1n) is 8.86. The molecule has 1 aromatic heterocycles. The average molecular weight is 348 g/mol. The van der Waals surface area contributed by atoms with Crippen LogP contribution >= 0.6 is 0 Å². The number of amides is 3. The van der Waals surface area contributed by atoms with Gasteiger partial charge in [-0.05, 0) is 43.2 Å². The van der Waals surface area contributed by atoms with E-state index in [0.717, 1.165) is 12.8 Å². The van der Waals surface area contributed by atoms with Crippen LogP contribution in [-0.2, 0) is 4.79 Å². The molecule has 7 heteroatoms. The summed E-state index contributed by atoms with van der Waals surface area (Å²) in [6.45, 7) is 5.49. The molecule has 1 aliphatic heterocycles. The Hall–Kier alpha value is -2.15. The predicted octanol–water partition coefficient (Wildman–Crippen LogP) is 1.85. The second-order valence-electron chi connectivity index (χ2n) is 6.97. The van der Waals surface area contributed by atoms with E-state index in [9.17, 15) is 14.7 Å². The Bertz CT molecular complexity index is 557. The highest BCUT2D eigenvalue weighted by Gasteiger charge is 2.29. The summed E-state index contributed by atoms with van der Waals surface area (Å²) in [6.07, 6.45) is 5.39. The van der Waals surface area contributed by atoms with Crippen molar-refractivity contribution < 1.29 is 14.7 Å². The van der Waals surface area contributed by atoms with Crippen molar-refractivity contribution in [1.29, 1.82) is 0 Å². The third kappa shape index (κ3) is 6.01. The van der Waals surface area contributed by atoms with Gasteiger partial charge < -0.3 is 20.6 Å². The molecule has 1 unspecified atom stereocenters. The fraction of sp³-hybridized carbons (Fsp3) is 0.611. The van der Waals surface area contributed by atoms with E-state index in [-0.39, 0.29) is 24.3 Å². The Morgan fingerprint density at radius 3 is 2.48 bits per heavy atom. The Labute approximate surface area is 148 Å². The molecule has 2 rings (SSSR count). The summed E-state index contributed by atoms with van der Waals surface area (Å²) >= 11 is 0. The molecule has 1 aliphatic rings. The zero-order valence-corrected chi connectivity index (χ0v) is 14.9. The molecule has 1 saturated heterocycles. The summed E-state index contributed by atoms with van der Waals surface area (Å²) in [5.41, 5.74) is 0.631. The van der Waals surface area contributed by atoms with Crippen LogP contribution < -0.4 is 10.6 Å². The Morgan fingerprint density at radius 1 is 1.28 bits per heavy atom. The van der Waals surface area contributed by atoms with E-state index < -0.39 is 12.1 Å². The molecule has 138 valence electrons. The van der Waals surface area contributed by atoms with Crippen LogP contribution in [0.3, 0.4) is 0 Å². The van der Waals surface area contributed by atoms with Gasteiger partial charge in [0.15, 0.2) is 0 Å². The zero-order valence-electron chi connectivity index (χ0n) is 14.9. The van der Waals surface area contributed by atoms with Gasteiger partial charge in [0.25, 0.3) is 0 Å². The number of nitrogens with zero attached hydrogens (tertiary/aromatic N) is 2. The van der Waals surface area contributed by atoms with E-state index in [0.29, 0.717) is 25.2 Å². The van der Waals surface area contributed by atoms with Gasteiger partial charge in [0.1, 0.15) is 6.04 Å². The average Bonchev–Trinajstić information content (AvgIpc) is 2.61. The molecular weight excluding hydrogens is 320 g/mol. The van der Waals surface area contributed by atoms with Gasteiger partial charge in [-0.25, -0.2) is 4.79 Å². The van der Waals surface area contributed by atoms with Crippen molar-refractivity contribution in [3.8, 4) is 0 Å². The molecule has 2 heterocycles. The van der Waals surface area contributed by atoms with Crippen LogP contribution in [0.2, 0.25) is 0 Å². The van der Waals surface area contributed by atoms with Crippen molar-refractivity contribution in [2.45, 2.75) is 39.2 Å². The topological polar surface area (TPSA) is 94.6 Å². The summed E-state index contributed by atoms with van der Waals surface area (Å²) in [5.74, 6) is 0.510. The van der Waals surface area contributed by atoms with E-state index >= 15 is 0 Å². The lowest BCUT2D eigenvalue weighted by molar-refractivity contribution is -0.135. The van der Waals surface area contributed by atoms with Crippen molar-refractivity contribution in [3.05, 3.63) is 24.5 Å². The Balaban J connectivity index is 1.95. The molecule has 0 aromatic carbocycles. The van der Waals surface area contributed by atoms with Crippen LogP contribution in [0, 0.1) is 11.8 Å². The van der Waals surface area contributed by atoms with Crippen molar-refractivity contribution in [2.24, 2.45) is 11.8 Å². The van der Waals surface area contributed by atoms with Crippen molar-refractivity contribution in [2.75, 3.05) is 25.0 Å². The minimum absolute atomic E-state index is 0.0463. The molecule has 7 nitrogen and oxygen atoms in total. The van der Waals surface area contributed by atoms with Crippen LogP contribution in [0.1, 0.15) is 33.1 Å². The van der Waals surface area contributed by atoms with E-state index in [1.165, 1.54) is 0 Å². The number of urea groups is 1. The van der Waals surface area contributed by atoms with Crippen LogP contribution in [0.5, 0.6) is 0 Å². The van der Waals surface area contributed by atoms with Crippen LogP contribution in [0.15, 0.2) is 24.5 Å². The van der Waals surface area contributed by atoms with E-state index in [1.54, 1.807) is 29.4 Å². The normalized spacial score (nSPS) is 16.6. The van der Waals surface area contributed by atoms with Gasteiger partial charge >= 0.3 is 6.03 Å². The first kappa shape index (κ1) is 19.2. The minimum atomic E-state index is -0.549. The fourth-order valence-electron chi connectivity index (χ4n) is 3.01. The molecule has 3 amide bonds. The van der Waals surface area contributed by atoms with Gasteiger partial charge in [-0.1, -0.05) is 13.8 Å². The second kappa shape index (κ2) is 9.36. The van der Waals surface area contributed by atoms with Gasteiger partial charge in [-0.15, -0.1) is 0 Å². The number of piperidine rings is 1. The third-order valence-electron chi connectivity index (χ3n) is 4.43. The molecule has 0 saturated carbocycles. The number of aliphatic hydroxyl groups is 1. The largest absolute Gasteiger partial charge is 0.396 e. The molecule has 1 aromatic rings. The molecule has 0 spiro atoms. The number of anilines is 1. The molecule has 3 N–H and O–H groups in total. The van der Waals surface area contributed by atoms with Gasteiger partial charge in [-0.2, -0.15) is 0 Å². The van der Waals surface area contributed by atoms with Gasteiger partial charge in [-0.3, -0.25) is 9.78 Å². The monoisotopic (exact) mass is 348 g/mol. The molecular formula is C18H28N4O3. The summed E-state index contributed by atoms with van der Waals surface area (Å²) in [4.78, 5) is 30.8. The Morgan fingerprint density at radius 2 is 1.92 bits per heavy atom. The summed E-state index contributed by atoms with van der Waals surface area (Å²) in [6, 6.07) is 2.44. The van der Waals surface area contributed by atoms with Crippen molar-refractivity contribution >= 4 is 17.6 Å². The number of carbonyl (C=O) groups is 2. The van der Waals surface area contributed by atoms with Crippen LogP contribution in [0.4, 0.5) is 10.5 Å². The number of rotatable bonds is 6. The molecule has 1 fully saturated rings. The lowest BCUT2D eigenvalue weighted by Crippen LogP contribution is -2.52. The number of pyridine rings is 1. The summed E-state index contributed by atoms with van der Waals surface area (Å²) < 4.78 is 0.